The third-order valence-corrected chi connectivity index (χ3v) is 4.68. The van der Waals surface area contributed by atoms with Gasteiger partial charge in [0, 0.05) is 23.7 Å². The molecule has 0 fully saturated rings. The minimum atomic E-state index is -0.507. The number of hydroxylamine groups is 2. The van der Waals surface area contributed by atoms with Gasteiger partial charge >= 0.3 is 0 Å². The van der Waals surface area contributed by atoms with Gasteiger partial charge in [0.1, 0.15) is 18.0 Å². The SMILES string of the molecule is CCN(O)Cc1nnc2n1-c1c(cccc1[N+](=O)[O-])C(c1ccccc1F)=NC2. The Morgan fingerprint density at radius 2 is 1.97 bits per heavy atom. The number of halogens is 1. The summed E-state index contributed by atoms with van der Waals surface area (Å²) in [6.07, 6.45) is 0. The summed E-state index contributed by atoms with van der Waals surface area (Å²) in [6, 6.07) is 10.7. The molecule has 0 saturated carbocycles. The van der Waals surface area contributed by atoms with E-state index in [9.17, 15) is 19.7 Å². The lowest BCUT2D eigenvalue weighted by molar-refractivity contribution is -0.384. The van der Waals surface area contributed by atoms with Gasteiger partial charge in [-0.15, -0.1) is 10.2 Å². The topological polar surface area (TPSA) is 110 Å². The first kappa shape index (κ1) is 18.8. The Balaban J connectivity index is 2.00. The van der Waals surface area contributed by atoms with Gasteiger partial charge in [0.2, 0.25) is 0 Å². The number of aliphatic imine (C=N–C) groups is 1. The summed E-state index contributed by atoms with van der Waals surface area (Å²) in [5.41, 5.74) is 0.958. The van der Waals surface area contributed by atoms with Gasteiger partial charge in [0.15, 0.2) is 11.6 Å². The third kappa shape index (κ3) is 3.28. The summed E-state index contributed by atoms with van der Waals surface area (Å²) in [6.45, 7) is 2.17. The Morgan fingerprint density at radius 1 is 1.21 bits per heavy atom. The van der Waals surface area contributed by atoms with Crippen molar-refractivity contribution >= 4 is 11.4 Å². The zero-order valence-electron chi connectivity index (χ0n) is 15.5. The zero-order valence-corrected chi connectivity index (χ0v) is 15.5. The van der Waals surface area contributed by atoms with Crippen molar-refractivity contribution < 1.29 is 14.5 Å². The number of para-hydroxylation sites is 1. The molecule has 0 radical (unpaired) electrons. The predicted octanol–water partition coefficient (Wildman–Crippen LogP) is 2.88. The Bertz CT molecular complexity index is 1130. The fraction of sp³-hybridized carbons (Fsp3) is 0.211. The van der Waals surface area contributed by atoms with E-state index in [1.54, 1.807) is 31.2 Å². The van der Waals surface area contributed by atoms with E-state index >= 15 is 0 Å². The molecule has 2 aromatic carbocycles. The molecule has 9 nitrogen and oxygen atoms in total. The molecular formula is C19H17FN6O3. The van der Waals surface area contributed by atoms with E-state index in [2.05, 4.69) is 15.2 Å². The molecule has 1 aliphatic rings. The van der Waals surface area contributed by atoms with Gasteiger partial charge in [-0.3, -0.25) is 19.7 Å². The smallest absolute Gasteiger partial charge is 0.294 e. The molecule has 0 unspecified atom stereocenters. The van der Waals surface area contributed by atoms with E-state index in [1.807, 2.05) is 0 Å². The molecule has 2 heterocycles. The van der Waals surface area contributed by atoms with Gasteiger partial charge in [0.05, 0.1) is 17.2 Å². The van der Waals surface area contributed by atoms with Gasteiger partial charge in [-0.05, 0) is 12.1 Å². The van der Waals surface area contributed by atoms with Gasteiger partial charge < -0.3 is 5.21 Å². The number of aromatic nitrogens is 3. The van der Waals surface area contributed by atoms with Crippen molar-refractivity contribution in [3.8, 4) is 5.69 Å². The highest BCUT2D eigenvalue weighted by Gasteiger charge is 2.30. The number of rotatable bonds is 5. The number of hydrogen-bond donors (Lipinski definition) is 1. The summed E-state index contributed by atoms with van der Waals surface area (Å²) >= 11 is 0. The molecule has 0 amide bonds. The second kappa shape index (κ2) is 7.49. The molecule has 29 heavy (non-hydrogen) atoms. The molecule has 0 saturated heterocycles. The normalized spacial score (nSPS) is 12.9. The molecule has 0 atom stereocenters. The Labute approximate surface area is 164 Å². The average molecular weight is 396 g/mol. The van der Waals surface area contributed by atoms with Crippen molar-refractivity contribution in [2.24, 2.45) is 4.99 Å². The molecule has 3 aromatic rings. The number of nitrogens with zero attached hydrogens (tertiary/aromatic N) is 6. The molecule has 148 valence electrons. The minimum absolute atomic E-state index is 0.0179. The van der Waals surface area contributed by atoms with Crippen LogP contribution in [-0.4, -0.2) is 42.2 Å². The predicted molar refractivity (Wildman–Crippen MR) is 102 cm³/mol. The lowest BCUT2D eigenvalue weighted by Crippen LogP contribution is -2.21. The van der Waals surface area contributed by atoms with Crippen LogP contribution in [0.25, 0.3) is 5.69 Å². The summed E-state index contributed by atoms with van der Waals surface area (Å²) in [5.74, 6) is 0.213. The first-order valence-electron chi connectivity index (χ1n) is 8.95. The molecule has 0 spiro atoms. The molecule has 4 rings (SSSR count). The molecule has 0 bridgehead atoms. The van der Waals surface area contributed by atoms with E-state index in [4.69, 9.17) is 0 Å². The van der Waals surface area contributed by atoms with Crippen molar-refractivity contribution in [3.05, 3.63) is 81.2 Å². The van der Waals surface area contributed by atoms with Crippen molar-refractivity contribution in [1.29, 1.82) is 0 Å². The number of nitro benzene ring substituents is 1. The second-order valence-electron chi connectivity index (χ2n) is 6.42. The highest BCUT2D eigenvalue weighted by Crippen LogP contribution is 2.33. The fourth-order valence-electron chi connectivity index (χ4n) is 3.31. The highest BCUT2D eigenvalue weighted by atomic mass is 19.1. The molecule has 0 aliphatic carbocycles. The zero-order chi connectivity index (χ0) is 20.5. The first-order chi connectivity index (χ1) is 14.0. The van der Waals surface area contributed by atoms with Crippen LogP contribution in [0.2, 0.25) is 0 Å². The Hall–Kier alpha value is -3.50. The van der Waals surface area contributed by atoms with E-state index in [0.717, 1.165) is 5.06 Å². The lowest BCUT2D eigenvalue weighted by atomic mass is 9.99. The highest BCUT2D eigenvalue weighted by molar-refractivity contribution is 6.16. The second-order valence-corrected chi connectivity index (χ2v) is 6.42. The summed E-state index contributed by atoms with van der Waals surface area (Å²) in [7, 11) is 0. The van der Waals surface area contributed by atoms with E-state index in [0.29, 0.717) is 29.5 Å². The molecule has 1 aromatic heterocycles. The Morgan fingerprint density at radius 3 is 2.69 bits per heavy atom. The van der Waals surface area contributed by atoms with Crippen LogP contribution in [0.3, 0.4) is 0 Å². The van der Waals surface area contributed by atoms with Crippen molar-refractivity contribution in [3.63, 3.8) is 0 Å². The minimum Gasteiger partial charge on any atom is -0.314 e. The van der Waals surface area contributed by atoms with Crippen LogP contribution in [0.5, 0.6) is 0 Å². The largest absolute Gasteiger partial charge is 0.314 e. The van der Waals surface area contributed by atoms with Crippen molar-refractivity contribution in [2.75, 3.05) is 6.54 Å². The van der Waals surface area contributed by atoms with Crippen LogP contribution in [0.1, 0.15) is 29.7 Å². The third-order valence-electron chi connectivity index (χ3n) is 4.68. The maximum absolute atomic E-state index is 14.5. The lowest BCUT2D eigenvalue weighted by Gasteiger charge is -2.16. The standard InChI is InChI=1S/C19H17FN6O3/c1-2-24(27)11-17-23-22-16-10-21-18(12-6-3-4-8-14(12)20)13-7-5-9-15(26(28)29)19(13)25(16)17/h3-9,27H,2,10-11H2,1H3. The molecule has 1 N–H and O–H groups in total. The van der Waals surface area contributed by atoms with Crippen LogP contribution in [0.15, 0.2) is 47.5 Å². The quantitative estimate of drug-likeness (QED) is 0.525. The van der Waals surface area contributed by atoms with E-state index in [-0.39, 0.29) is 30.0 Å². The molecule has 1 aliphatic heterocycles. The first-order valence-corrected chi connectivity index (χ1v) is 8.95. The molecule has 10 heteroatoms. The maximum Gasteiger partial charge on any atom is 0.294 e. The van der Waals surface area contributed by atoms with Crippen LogP contribution >= 0.6 is 0 Å². The maximum atomic E-state index is 14.5. The Kier molecular flexibility index (Phi) is 4.87. The summed E-state index contributed by atoms with van der Waals surface area (Å²) in [4.78, 5) is 15.8. The van der Waals surface area contributed by atoms with Crippen molar-refractivity contribution in [1.82, 2.24) is 19.8 Å². The van der Waals surface area contributed by atoms with Crippen LogP contribution in [0, 0.1) is 15.9 Å². The summed E-state index contributed by atoms with van der Waals surface area (Å²) < 4.78 is 16.1. The number of nitro groups is 1. The van der Waals surface area contributed by atoms with Gasteiger partial charge in [0.25, 0.3) is 5.69 Å². The summed E-state index contributed by atoms with van der Waals surface area (Å²) in [5, 5.41) is 30.9. The van der Waals surface area contributed by atoms with Crippen LogP contribution in [0.4, 0.5) is 10.1 Å². The average Bonchev–Trinajstić information content (AvgIpc) is 3.02. The van der Waals surface area contributed by atoms with Gasteiger partial charge in [-0.25, -0.2) is 4.39 Å². The number of fused-ring (bicyclic) bond motifs is 3. The fourth-order valence-corrected chi connectivity index (χ4v) is 3.31. The van der Waals surface area contributed by atoms with Gasteiger partial charge in [-0.1, -0.05) is 31.2 Å². The molecular weight excluding hydrogens is 379 g/mol. The number of hydrogen-bond acceptors (Lipinski definition) is 7. The van der Waals surface area contributed by atoms with Crippen LogP contribution < -0.4 is 0 Å². The van der Waals surface area contributed by atoms with Crippen LogP contribution in [-0.2, 0) is 13.1 Å². The van der Waals surface area contributed by atoms with Crippen molar-refractivity contribution in [2.45, 2.75) is 20.0 Å². The van der Waals surface area contributed by atoms with E-state index < -0.39 is 10.7 Å². The van der Waals surface area contributed by atoms with Gasteiger partial charge in [-0.2, -0.15) is 5.06 Å². The monoisotopic (exact) mass is 396 g/mol. The number of benzene rings is 2. The van der Waals surface area contributed by atoms with E-state index in [1.165, 1.54) is 22.8 Å².